The predicted molar refractivity (Wildman–Crippen MR) is 65.7 cm³/mol. The fourth-order valence-corrected chi connectivity index (χ4v) is 3.01. The van der Waals surface area contributed by atoms with Gasteiger partial charge in [0.15, 0.2) is 0 Å². The Labute approximate surface area is 100 Å². The van der Waals surface area contributed by atoms with Crippen molar-refractivity contribution in [3.05, 3.63) is 28.8 Å². The van der Waals surface area contributed by atoms with Gasteiger partial charge in [0.2, 0.25) is 0 Å². The van der Waals surface area contributed by atoms with Crippen LogP contribution >= 0.6 is 0 Å². The predicted octanol–water partition coefficient (Wildman–Crippen LogP) is 0.806. The lowest BCUT2D eigenvalue weighted by Gasteiger charge is -2.17. The third-order valence-electron chi connectivity index (χ3n) is 2.74. The van der Waals surface area contributed by atoms with E-state index in [0.29, 0.717) is 16.9 Å². The molecule has 1 aromatic rings. The van der Waals surface area contributed by atoms with Crippen LogP contribution in [-0.2, 0) is 22.2 Å². The Morgan fingerprint density at radius 3 is 2.76 bits per heavy atom. The molecule has 1 aliphatic heterocycles. The van der Waals surface area contributed by atoms with Crippen molar-refractivity contribution in [3.8, 4) is 5.75 Å². The second-order valence-electron chi connectivity index (χ2n) is 3.88. The van der Waals surface area contributed by atoms with Crippen molar-refractivity contribution in [1.29, 1.82) is 0 Å². The number of hydrogen-bond donors (Lipinski definition) is 1. The minimum Gasteiger partial charge on any atom is -0.496 e. The molecule has 0 fully saturated rings. The number of methoxy groups -OCH3 is 1. The zero-order valence-corrected chi connectivity index (χ0v) is 10.5. The van der Waals surface area contributed by atoms with Crippen LogP contribution < -0.4 is 10.5 Å². The molecule has 0 spiro atoms. The lowest BCUT2D eigenvalue weighted by atomic mass is 10.0. The Hall–Kier alpha value is -1.56. The summed E-state index contributed by atoms with van der Waals surface area (Å²) in [5.74, 6) is 0.628. The molecule has 0 radical (unpaired) electrons. The summed E-state index contributed by atoms with van der Waals surface area (Å²) < 4.78 is 31.7. The Kier molecular flexibility index (Phi) is 2.82. The molecule has 0 bridgehead atoms. The Morgan fingerprint density at radius 1 is 1.47 bits per heavy atom. The van der Waals surface area contributed by atoms with E-state index in [-0.39, 0.29) is 11.6 Å². The zero-order chi connectivity index (χ0) is 12.6. The fraction of sp³-hybridized carbons (Fsp3) is 0.364. The van der Waals surface area contributed by atoms with Crippen molar-refractivity contribution in [2.75, 3.05) is 7.11 Å². The molecule has 2 N–H and O–H groups in total. The van der Waals surface area contributed by atoms with Crippen molar-refractivity contribution >= 4 is 15.9 Å². The molecule has 0 saturated carbocycles. The van der Waals surface area contributed by atoms with Gasteiger partial charge in [-0.15, -0.1) is 4.40 Å². The van der Waals surface area contributed by atoms with E-state index in [1.807, 2.05) is 13.0 Å². The molecule has 0 aromatic heterocycles. The van der Waals surface area contributed by atoms with Gasteiger partial charge in [-0.2, -0.15) is 0 Å². The van der Waals surface area contributed by atoms with Gasteiger partial charge >= 0.3 is 0 Å². The third-order valence-corrected chi connectivity index (χ3v) is 3.89. The number of nitrogens with zero attached hydrogens (tertiary/aromatic N) is 1. The lowest BCUT2D eigenvalue weighted by Crippen LogP contribution is -2.24. The van der Waals surface area contributed by atoms with Crippen molar-refractivity contribution < 1.29 is 13.2 Å². The molecule has 0 atom stereocenters. The maximum Gasteiger partial charge on any atom is 0.259 e. The van der Waals surface area contributed by atoms with Gasteiger partial charge in [0.05, 0.1) is 12.9 Å². The molecule has 17 heavy (non-hydrogen) atoms. The SMILES string of the molecule is CCc1cc2c(cc1OC)CS(=O)(=O)N=C2N. The number of sulfonamides is 1. The zero-order valence-electron chi connectivity index (χ0n) is 9.73. The summed E-state index contributed by atoms with van der Waals surface area (Å²) in [6.45, 7) is 2.00. The standard InChI is InChI=1S/C11H14N2O3S/c1-3-7-4-9-8(5-10(7)16-2)6-17(14,15)13-11(9)12/h4-5H,3,6H2,1-2H3,(H2,12,13). The van der Waals surface area contributed by atoms with Gasteiger partial charge in [-0.1, -0.05) is 6.92 Å². The number of ether oxygens (including phenoxy) is 1. The van der Waals surface area contributed by atoms with Crippen LogP contribution in [-0.4, -0.2) is 21.4 Å². The number of rotatable bonds is 2. The highest BCUT2D eigenvalue weighted by Crippen LogP contribution is 2.28. The molecule has 0 saturated heterocycles. The van der Waals surface area contributed by atoms with Crippen LogP contribution in [0.5, 0.6) is 5.75 Å². The van der Waals surface area contributed by atoms with E-state index >= 15 is 0 Å². The molecule has 0 amide bonds. The molecule has 1 heterocycles. The average molecular weight is 254 g/mol. The van der Waals surface area contributed by atoms with Crippen LogP contribution in [0, 0.1) is 0 Å². The minimum atomic E-state index is -3.48. The Balaban J connectivity index is 2.65. The second-order valence-corrected chi connectivity index (χ2v) is 5.51. The number of benzene rings is 1. The van der Waals surface area contributed by atoms with Gasteiger partial charge < -0.3 is 10.5 Å². The average Bonchev–Trinajstić information content (AvgIpc) is 2.26. The van der Waals surface area contributed by atoms with E-state index in [1.54, 1.807) is 13.2 Å². The molecule has 92 valence electrons. The van der Waals surface area contributed by atoms with Gasteiger partial charge in [0, 0.05) is 5.56 Å². The summed E-state index contributed by atoms with van der Waals surface area (Å²) in [5.41, 5.74) is 7.99. The fourth-order valence-electron chi connectivity index (χ4n) is 1.92. The molecule has 6 heteroatoms. The van der Waals surface area contributed by atoms with E-state index in [9.17, 15) is 8.42 Å². The third kappa shape index (κ3) is 2.12. The first-order valence-electron chi connectivity index (χ1n) is 5.25. The van der Waals surface area contributed by atoms with Gasteiger partial charge in [0.1, 0.15) is 11.6 Å². The largest absolute Gasteiger partial charge is 0.496 e. The first-order valence-corrected chi connectivity index (χ1v) is 6.86. The van der Waals surface area contributed by atoms with Crippen LogP contribution in [0.3, 0.4) is 0 Å². The summed E-state index contributed by atoms with van der Waals surface area (Å²) in [6.07, 6.45) is 0.788. The van der Waals surface area contributed by atoms with Crippen molar-refractivity contribution in [2.24, 2.45) is 10.1 Å². The normalized spacial score (nSPS) is 17.2. The van der Waals surface area contributed by atoms with Gasteiger partial charge in [-0.05, 0) is 29.7 Å². The highest BCUT2D eigenvalue weighted by Gasteiger charge is 2.23. The summed E-state index contributed by atoms with van der Waals surface area (Å²) in [5, 5.41) is 0. The van der Waals surface area contributed by atoms with Gasteiger partial charge in [0.25, 0.3) is 10.0 Å². The van der Waals surface area contributed by atoms with Crippen molar-refractivity contribution in [2.45, 2.75) is 19.1 Å². The van der Waals surface area contributed by atoms with Gasteiger partial charge in [-0.3, -0.25) is 0 Å². The first-order chi connectivity index (χ1) is 7.96. The number of nitrogens with two attached hydrogens (primary N) is 1. The summed E-state index contributed by atoms with van der Waals surface area (Å²) in [4.78, 5) is 0. The molecular weight excluding hydrogens is 240 g/mol. The van der Waals surface area contributed by atoms with Crippen molar-refractivity contribution in [3.63, 3.8) is 0 Å². The molecule has 0 unspecified atom stereocenters. The summed E-state index contributed by atoms with van der Waals surface area (Å²) >= 11 is 0. The molecule has 5 nitrogen and oxygen atoms in total. The number of amidine groups is 1. The number of fused-ring (bicyclic) bond motifs is 1. The molecule has 2 rings (SSSR count). The van der Waals surface area contributed by atoms with Crippen LogP contribution in [0.4, 0.5) is 0 Å². The topological polar surface area (TPSA) is 81.8 Å². The van der Waals surface area contributed by atoms with E-state index in [4.69, 9.17) is 10.5 Å². The van der Waals surface area contributed by atoms with Crippen molar-refractivity contribution in [1.82, 2.24) is 0 Å². The van der Waals surface area contributed by atoms with Gasteiger partial charge in [-0.25, -0.2) is 8.42 Å². The Morgan fingerprint density at radius 2 is 2.18 bits per heavy atom. The van der Waals surface area contributed by atoms with E-state index in [2.05, 4.69) is 4.40 Å². The van der Waals surface area contributed by atoms with Crippen LogP contribution in [0.1, 0.15) is 23.6 Å². The van der Waals surface area contributed by atoms with Crippen LogP contribution in [0.15, 0.2) is 16.5 Å². The summed E-state index contributed by atoms with van der Waals surface area (Å²) in [6, 6.07) is 3.58. The first kappa shape index (κ1) is 11.9. The maximum atomic E-state index is 11.5. The smallest absolute Gasteiger partial charge is 0.259 e. The highest BCUT2D eigenvalue weighted by molar-refractivity contribution is 7.89. The van der Waals surface area contributed by atoms with Crippen LogP contribution in [0.2, 0.25) is 0 Å². The van der Waals surface area contributed by atoms with E-state index < -0.39 is 10.0 Å². The highest BCUT2D eigenvalue weighted by atomic mass is 32.2. The molecule has 1 aliphatic rings. The Bertz CT molecular complexity index is 591. The van der Waals surface area contributed by atoms with Crippen LogP contribution in [0.25, 0.3) is 0 Å². The molecular formula is C11H14N2O3S. The minimum absolute atomic E-state index is 0.0589. The second kappa shape index (κ2) is 4.03. The quantitative estimate of drug-likeness (QED) is 0.846. The number of aryl methyl sites for hydroxylation is 1. The molecule has 0 aliphatic carbocycles. The number of hydrogen-bond acceptors (Lipinski definition) is 4. The van der Waals surface area contributed by atoms with E-state index in [0.717, 1.165) is 12.0 Å². The lowest BCUT2D eigenvalue weighted by molar-refractivity contribution is 0.409. The summed E-state index contributed by atoms with van der Waals surface area (Å²) in [7, 11) is -1.92. The van der Waals surface area contributed by atoms with E-state index in [1.165, 1.54) is 0 Å². The molecule has 1 aromatic carbocycles. The monoisotopic (exact) mass is 254 g/mol. The maximum absolute atomic E-state index is 11.5.